The molecule has 6 nitrogen and oxygen atoms in total. The van der Waals surface area contributed by atoms with Crippen LogP contribution in [-0.4, -0.2) is 39.7 Å². The number of carbonyl (C=O) groups is 1. The highest BCUT2D eigenvalue weighted by Gasteiger charge is 2.16. The second kappa shape index (κ2) is 6.60. The van der Waals surface area contributed by atoms with Gasteiger partial charge >= 0.3 is 5.97 Å². The molecule has 0 radical (unpaired) electrons. The molecule has 0 saturated heterocycles. The van der Waals surface area contributed by atoms with Gasteiger partial charge in [-0.3, -0.25) is 0 Å². The molecule has 0 spiro atoms. The molecule has 0 fully saturated rings. The second-order valence-corrected chi connectivity index (χ2v) is 4.81. The van der Waals surface area contributed by atoms with Crippen molar-refractivity contribution in [2.75, 3.05) is 13.7 Å². The molecule has 112 valence electrons. The van der Waals surface area contributed by atoms with Crippen LogP contribution in [0.25, 0.3) is 5.69 Å². The van der Waals surface area contributed by atoms with Gasteiger partial charge in [-0.25, -0.2) is 9.48 Å². The van der Waals surface area contributed by atoms with E-state index in [9.17, 15) is 9.90 Å². The molecule has 0 aliphatic carbocycles. The summed E-state index contributed by atoms with van der Waals surface area (Å²) in [5.74, 6) is -0.610. The summed E-state index contributed by atoms with van der Waals surface area (Å²) in [6.07, 6.45) is 2.57. The van der Waals surface area contributed by atoms with Crippen molar-refractivity contribution in [1.82, 2.24) is 9.78 Å². The van der Waals surface area contributed by atoms with E-state index in [1.54, 1.807) is 24.4 Å². The van der Waals surface area contributed by atoms with Gasteiger partial charge in [0.1, 0.15) is 5.75 Å². The van der Waals surface area contributed by atoms with Gasteiger partial charge in [0.25, 0.3) is 0 Å². The SMILES string of the molecule is COc1cc(-n2cc(CCCO)c(C(=O)O)n2)ccc1Cl. The Morgan fingerprint density at radius 2 is 2.24 bits per heavy atom. The third-order valence-corrected chi connectivity index (χ3v) is 3.31. The lowest BCUT2D eigenvalue weighted by atomic mass is 10.1. The Balaban J connectivity index is 2.42. The number of ether oxygens (including phenoxy) is 1. The van der Waals surface area contributed by atoms with Crippen LogP contribution in [0.1, 0.15) is 22.5 Å². The number of carboxylic acids is 1. The fraction of sp³-hybridized carbons (Fsp3) is 0.286. The third kappa shape index (κ3) is 3.34. The number of carboxylic acid groups (broad SMARTS) is 1. The number of hydrogen-bond acceptors (Lipinski definition) is 4. The molecule has 0 aliphatic rings. The first-order valence-electron chi connectivity index (χ1n) is 6.33. The Bertz CT molecular complexity index is 654. The van der Waals surface area contributed by atoms with Crippen LogP contribution in [0, 0.1) is 0 Å². The maximum Gasteiger partial charge on any atom is 0.356 e. The van der Waals surface area contributed by atoms with Crippen molar-refractivity contribution in [3.8, 4) is 11.4 Å². The van der Waals surface area contributed by atoms with Gasteiger partial charge in [-0.2, -0.15) is 5.10 Å². The Labute approximate surface area is 126 Å². The first kappa shape index (κ1) is 15.3. The van der Waals surface area contributed by atoms with E-state index in [0.29, 0.717) is 34.9 Å². The van der Waals surface area contributed by atoms with Crippen molar-refractivity contribution < 1.29 is 19.7 Å². The van der Waals surface area contributed by atoms with Gasteiger partial charge in [0.05, 0.1) is 17.8 Å². The van der Waals surface area contributed by atoms with Crippen LogP contribution in [-0.2, 0) is 6.42 Å². The molecule has 1 aromatic carbocycles. The van der Waals surface area contributed by atoms with Crippen LogP contribution >= 0.6 is 11.6 Å². The molecule has 0 aliphatic heterocycles. The topological polar surface area (TPSA) is 84.6 Å². The normalized spacial score (nSPS) is 10.6. The van der Waals surface area contributed by atoms with Gasteiger partial charge in [0.2, 0.25) is 0 Å². The van der Waals surface area contributed by atoms with Crippen LogP contribution in [0.5, 0.6) is 5.75 Å². The smallest absolute Gasteiger partial charge is 0.356 e. The van der Waals surface area contributed by atoms with Crippen LogP contribution in [0.3, 0.4) is 0 Å². The molecule has 21 heavy (non-hydrogen) atoms. The summed E-state index contributed by atoms with van der Waals surface area (Å²) >= 11 is 5.96. The maximum atomic E-state index is 11.2. The van der Waals surface area contributed by atoms with Crippen LogP contribution in [0.15, 0.2) is 24.4 Å². The van der Waals surface area contributed by atoms with Crippen LogP contribution in [0.4, 0.5) is 0 Å². The van der Waals surface area contributed by atoms with Crippen molar-refractivity contribution in [3.63, 3.8) is 0 Å². The molecule has 2 N–H and O–H groups in total. The van der Waals surface area contributed by atoms with Crippen molar-refractivity contribution in [3.05, 3.63) is 40.7 Å². The minimum Gasteiger partial charge on any atom is -0.495 e. The average Bonchev–Trinajstić information content (AvgIpc) is 2.90. The van der Waals surface area contributed by atoms with E-state index in [0.717, 1.165) is 0 Å². The van der Waals surface area contributed by atoms with Crippen molar-refractivity contribution in [2.45, 2.75) is 12.8 Å². The van der Waals surface area contributed by atoms with Crippen LogP contribution < -0.4 is 4.74 Å². The summed E-state index contributed by atoms with van der Waals surface area (Å²) in [7, 11) is 1.50. The number of rotatable bonds is 6. The average molecular weight is 311 g/mol. The molecule has 0 unspecified atom stereocenters. The predicted molar refractivity (Wildman–Crippen MR) is 77.5 cm³/mol. The summed E-state index contributed by atoms with van der Waals surface area (Å²) in [5.41, 5.74) is 1.21. The van der Waals surface area contributed by atoms with E-state index in [1.807, 2.05) is 0 Å². The molecule has 0 amide bonds. The lowest BCUT2D eigenvalue weighted by molar-refractivity contribution is 0.0688. The van der Waals surface area contributed by atoms with E-state index < -0.39 is 5.97 Å². The highest BCUT2D eigenvalue weighted by molar-refractivity contribution is 6.32. The summed E-state index contributed by atoms with van der Waals surface area (Å²) < 4.78 is 6.60. The molecule has 2 rings (SSSR count). The molecule has 0 saturated carbocycles. The maximum absolute atomic E-state index is 11.2. The molecule has 7 heteroatoms. The number of nitrogens with zero attached hydrogens (tertiary/aromatic N) is 2. The zero-order valence-corrected chi connectivity index (χ0v) is 12.2. The fourth-order valence-corrected chi connectivity index (χ4v) is 2.16. The fourth-order valence-electron chi connectivity index (χ4n) is 1.97. The number of aryl methyl sites for hydroxylation is 1. The first-order valence-corrected chi connectivity index (χ1v) is 6.71. The Morgan fingerprint density at radius 3 is 2.86 bits per heavy atom. The monoisotopic (exact) mass is 310 g/mol. The zero-order chi connectivity index (χ0) is 15.4. The van der Waals surface area contributed by atoms with Gasteiger partial charge in [-0.15, -0.1) is 0 Å². The highest BCUT2D eigenvalue weighted by Crippen LogP contribution is 2.27. The summed E-state index contributed by atoms with van der Waals surface area (Å²) in [6.45, 7) is -0.000985. The number of halogens is 1. The standard InChI is InChI=1S/C14H15ClN2O4/c1-21-12-7-10(4-5-11(12)15)17-8-9(3-2-6-18)13(16-17)14(19)20/h4-5,7-8,18H,2-3,6H2,1H3,(H,19,20). The number of methoxy groups -OCH3 is 1. The van der Waals surface area contributed by atoms with E-state index in [1.165, 1.54) is 11.8 Å². The number of aliphatic hydroxyl groups excluding tert-OH is 1. The third-order valence-electron chi connectivity index (χ3n) is 3.00. The Kier molecular flexibility index (Phi) is 4.82. The predicted octanol–water partition coefficient (Wildman–Crippen LogP) is 2.16. The Hall–Kier alpha value is -2.05. The molecule has 0 bridgehead atoms. The van der Waals surface area contributed by atoms with Crippen molar-refractivity contribution in [1.29, 1.82) is 0 Å². The number of hydrogen-bond donors (Lipinski definition) is 2. The molecule has 1 heterocycles. The van der Waals surface area contributed by atoms with E-state index in [4.69, 9.17) is 21.4 Å². The minimum atomic E-state index is -1.09. The number of aliphatic hydroxyl groups is 1. The lowest BCUT2D eigenvalue weighted by Crippen LogP contribution is -2.03. The second-order valence-electron chi connectivity index (χ2n) is 4.40. The van der Waals surface area contributed by atoms with Gasteiger partial charge in [0, 0.05) is 24.4 Å². The van der Waals surface area contributed by atoms with Gasteiger partial charge in [-0.1, -0.05) is 11.6 Å². The van der Waals surface area contributed by atoms with Crippen molar-refractivity contribution >= 4 is 17.6 Å². The number of aromatic nitrogens is 2. The summed E-state index contributed by atoms with van der Waals surface area (Å²) in [5, 5.41) is 22.6. The Morgan fingerprint density at radius 1 is 1.48 bits per heavy atom. The largest absolute Gasteiger partial charge is 0.495 e. The number of aromatic carboxylic acids is 1. The quantitative estimate of drug-likeness (QED) is 0.854. The van der Waals surface area contributed by atoms with Gasteiger partial charge in [0.15, 0.2) is 5.69 Å². The summed E-state index contributed by atoms with van der Waals surface area (Å²) in [4.78, 5) is 11.2. The first-order chi connectivity index (χ1) is 10.1. The molecule has 0 atom stereocenters. The molecular formula is C14H15ClN2O4. The highest BCUT2D eigenvalue weighted by atomic mass is 35.5. The van der Waals surface area contributed by atoms with Gasteiger partial charge in [-0.05, 0) is 25.0 Å². The number of benzene rings is 1. The van der Waals surface area contributed by atoms with Crippen molar-refractivity contribution in [2.24, 2.45) is 0 Å². The zero-order valence-electron chi connectivity index (χ0n) is 11.4. The van der Waals surface area contributed by atoms with Gasteiger partial charge < -0.3 is 14.9 Å². The van der Waals surface area contributed by atoms with Crippen LogP contribution in [0.2, 0.25) is 5.02 Å². The summed E-state index contributed by atoms with van der Waals surface area (Å²) in [6, 6.07) is 5.06. The lowest BCUT2D eigenvalue weighted by Gasteiger charge is -2.06. The molecular weight excluding hydrogens is 296 g/mol. The van der Waals surface area contributed by atoms with E-state index >= 15 is 0 Å². The molecule has 2 aromatic rings. The minimum absolute atomic E-state index is 0.000985. The van der Waals surface area contributed by atoms with E-state index in [2.05, 4.69) is 5.10 Å². The molecule has 1 aromatic heterocycles. The van der Waals surface area contributed by atoms with E-state index in [-0.39, 0.29) is 12.3 Å².